The van der Waals surface area contributed by atoms with Gasteiger partial charge in [-0.1, -0.05) is 12.5 Å². The largest absolute Gasteiger partial charge is 0.490 e. The van der Waals surface area contributed by atoms with Crippen LogP contribution < -0.4 is 14.8 Å². The molecule has 0 aliphatic carbocycles. The van der Waals surface area contributed by atoms with Gasteiger partial charge in [0.2, 0.25) is 0 Å². The maximum absolute atomic E-state index is 12.4. The highest BCUT2D eigenvalue weighted by atomic mass is 19.3. The minimum absolute atomic E-state index is 0.0805. The van der Waals surface area contributed by atoms with Crippen molar-refractivity contribution in [2.24, 2.45) is 0 Å². The Labute approximate surface area is 143 Å². The van der Waals surface area contributed by atoms with Gasteiger partial charge in [0.1, 0.15) is 0 Å². The van der Waals surface area contributed by atoms with Crippen molar-refractivity contribution in [3.8, 4) is 11.5 Å². The number of halogens is 2. The summed E-state index contributed by atoms with van der Waals surface area (Å²) in [5, 5.41) is 3.49. The summed E-state index contributed by atoms with van der Waals surface area (Å²) in [7, 11) is 0. The van der Waals surface area contributed by atoms with E-state index in [0.717, 1.165) is 12.1 Å². The minimum atomic E-state index is -2.85. The molecule has 1 heterocycles. The smallest absolute Gasteiger partial charge is 0.387 e. The Morgan fingerprint density at radius 3 is 2.58 bits per heavy atom. The van der Waals surface area contributed by atoms with E-state index in [2.05, 4.69) is 21.9 Å². The predicted molar refractivity (Wildman–Crippen MR) is 90.8 cm³/mol. The molecule has 0 amide bonds. The molecule has 1 unspecified atom stereocenters. The van der Waals surface area contributed by atoms with Crippen LogP contribution in [0.4, 0.5) is 8.78 Å². The number of likely N-dealkylation sites (tertiary alicyclic amines) is 1. The third-order valence-corrected chi connectivity index (χ3v) is 4.16. The van der Waals surface area contributed by atoms with Gasteiger partial charge in [0, 0.05) is 19.1 Å². The number of piperidine rings is 1. The standard InChI is InChI=1S/C18H28F2N2O2/c1-3-23-17-11-15(7-8-16(17)24-18(19)20)12-21-14(2)13-22-9-5-4-6-10-22/h7-8,11,14,18,21H,3-6,9-10,12-13H2,1-2H3. The molecule has 1 N–H and O–H groups in total. The Kier molecular flexibility index (Phi) is 7.72. The lowest BCUT2D eigenvalue weighted by Gasteiger charge is -2.29. The summed E-state index contributed by atoms with van der Waals surface area (Å²) < 4.78 is 34.8. The number of hydrogen-bond donors (Lipinski definition) is 1. The normalized spacial score (nSPS) is 17.0. The van der Waals surface area contributed by atoms with Crippen molar-refractivity contribution in [3.05, 3.63) is 23.8 Å². The lowest BCUT2D eigenvalue weighted by molar-refractivity contribution is -0.0514. The molecule has 136 valence electrons. The van der Waals surface area contributed by atoms with Crippen LogP contribution in [0.2, 0.25) is 0 Å². The van der Waals surface area contributed by atoms with Gasteiger partial charge in [-0.05, 0) is 57.5 Å². The van der Waals surface area contributed by atoms with Gasteiger partial charge in [-0.15, -0.1) is 0 Å². The Morgan fingerprint density at radius 2 is 1.92 bits per heavy atom. The van der Waals surface area contributed by atoms with Crippen LogP contribution in [-0.2, 0) is 6.54 Å². The molecule has 1 saturated heterocycles. The van der Waals surface area contributed by atoms with Crippen molar-refractivity contribution in [2.75, 3.05) is 26.2 Å². The summed E-state index contributed by atoms with van der Waals surface area (Å²) in [6.07, 6.45) is 3.91. The second-order valence-electron chi connectivity index (χ2n) is 6.24. The van der Waals surface area contributed by atoms with E-state index in [4.69, 9.17) is 4.74 Å². The molecular weight excluding hydrogens is 314 g/mol. The van der Waals surface area contributed by atoms with Crippen molar-refractivity contribution >= 4 is 0 Å². The first-order chi connectivity index (χ1) is 11.6. The monoisotopic (exact) mass is 342 g/mol. The quantitative estimate of drug-likeness (QED) is 0.743. The van der Waals surface area contributed by atoms with Gasteiger partial charge in [0.25, 0.3) is 0 Å². The lowest BCUT2D eigenvalue weighted by atomic mass is 10.1. The van der Waals surface area contributed by atoms with E-state index in [1.165, 1.54) is 32.4 Å². The third kappa shape index (κ3) is 6.24. The fourth-order valence-electron chi connectivity index (χ4n) is 3.01. The summed E-state index contributed by atoms with van der Waals surface area (Å²) in [5.41, 5.74) is 0.991. The summed E-state index contributed by atoms with van der Waals surface area (Å²) in [6, 6.07) is 5.47. The molecule has 0 aromatic heterocycles. The number of nitrogens with zero attached hydrogens (tertiary/aromatic N) is 1. The van der Waals surface area contributed by atoms with Crippen LogP contribution >= 0.6 is 0 Å². The fourth-order valence-corrected chi connectivity index (χ4v) is 3.01. The number of alkyl halides is 2. The van der Waals surface area contributed by atoms with Crippen LogP contribution in [0, 0.1) is 0 Å². The average molecular weight is 342 g/mol. The predicted octanol–water partition coefficient (Wildman–Crippen LogP) is 3.65. The van der Waals surface area contributed by atoms with Gasteiger partial charge in [-0.2, -0.15) is 8.78 Å². The van der Waals surface area contributed by atoms with Gasteiger partial charge < -0.3 is 19.7 Å². The van der Waals surface area contributed by atoms with Crippen LogP contribution in [0.25, 0.3) is 0 Å². The molecule has 1 aliphatic rings. The SMILES string of the molecule is CCOc1cc(CNC(C)CN2CCCCC2)ccc1OC(F)F. The summed E-state index contributed by atoms with van der Waals surface area (Å²) in [4.78, 5) is 2.49. The molecule has 2 rings (SSSR count). The zero-order valence-corrected chi connectivity index (χ0v) is 14.6. The maximum atomic E-state index is 12.4. The molecule has 0 spiro atoms. The molecule has 4 nitrogen and oxygen atoms in total. The number of ether oxygens (including phenoxy) is 2. The molecule has 1 aromatic rings. The van der Waals surface area contributed by atoms with Crippen LogP contribution in [-0.4, -0.2) is 43.8 Å². The molecular formula is C18H28F2N2O2. The molecule has 24 heavy (non-hydrogen) atoms. The van der Waals surface area contributed by atoms with E-state index in [9.17, 15) is 8.78 Å². The van der Waals surface area contributed by atoms with Gasteiger partial charge in [0.05, 0.1) is 6.61 Å². The highest BCUT2D eigenvalue weighted by molar-refractivity contribution is 5.43. The molecule has 1 aromatic carbocycles. The Balaban J connectivity index is 1.87. The van der Waals surface area contributed by atoms with Gasteiger partial charge in [-0.3, -0.25) is 0 Å². The maximum Gasteiger partial charge on any atom is 0.387 e. The Hall–Kier alpha value is -1.40. The number of hydrogen-bond acceptors (Lipinski definition) is 4. The van der Waals surface area contributed by atoms with E-state index in [-0.39, 0.29) is 5.75 Å². The van der Waals surface area contributed by atoms with E-state index in [1.54, 1.807) is 18.2 Å². The highest BCUT2D eigenvalue weighted by Crippen LogP contribution is 2.29. The number of nitrogens with one attached hydrogen (secondary N) is 1. The van der Waals surface area contributed by atoms with Crippen molar-refractivity contribution in [1.82, 2.24) is 10.2 Å². The molecule has 0 saturated carbocycles. The van der Waals surface area contributed by atoms with E-state index >= 15 is 0 Å². The summed E-state index contributed by atoms with van der Waals surface area (Å²) in [5.74, 6) is 0.442. The summed E-state index contributed by atoms with van der Waals surface area (Å²) in [6.45, 7) is 5.61. The van der Waals surface area contributed by atoms with Crippen LogP contribution in [0.1, 0.15) is 38.7 Å². The van der Waals surface area contributed by atoms with Crippen LogP contribution in [0.3, 0.4) is 0 Å². The Bertz CT molecular complexity index is 494. The van der Waals surface area contributed by atoms with Crippen molar-refractivity contribution in [3.63, 3.8) is 0 Å². The summed E-state index contributed by atoms with van der Waals surface area (Å²) >= 11 is 0. The van der Waals surface area contributed by atoms with Crippen LogP contribution in [0.15, 0.2) is 18.2 Å². The first kappa shape index (κ1) is 18.9. The number of benzene rings is 1. The van der Waals surface area contributed by atoms with Gasteiger partial charge >= 0.3 is 6.61 Å². The van der Waals surface area contributed by atoms with E-state index in [0.29, 0.717) is 24.9 Å². The zero-order chi connectivity index (χ0) is 17.4. The molecule has 0 radical (unpaired) electrons. The molecule has 0 bridgehead atoms. The van der Waals surface area contributed by atoms with E-state index in [1.807, 2.05) is 6.92 Å². The second-order valence-corrected chi connectivity index (χ2v) is 6.24. The van der Waals surface area contributed by atoms with Crippen LogP contribution in [0.5, 0.6) is 11.5 Å². The third-order valence-electron chi connectivity index (χ3n) is 4.16. The van der Waals surface area contributed by atoms with Crippen molar-refractivity contribution < 1.29 is 18.3 Å². The van der Waals surface area contributed by atoms with Gasteiger partial charge in [0.15, 0.2) is 11.5 Å². The molecule has 1 aliphatic heterocycles. The topological polar surface area (TPSA) is 33.7 Å². The molecule has 1 atom stereocenters. The van der Waals surface area contributed by atoms with Crippen molar-refractivity contribution in [1.29, 1.82) is 0 Å². The zero-order valence-electron chi connectivity index (χ0n) is 14.6. The van der Waals surface area contributed by atoms with E-state index < -0.39 is 6.61 Å². The number of rotatable bonds is 9. The van der Waals surface area contributed by atoms with Crippen molar-refractivity contribution in [2.45, 2.75) is 52.3 Å². The highest BCUT2D eigenvalue weighted by Gasteiger charge is 2.14. The second kappa shape index (κ2) is 9.79. The molecule has 1 fully saturated rings. The van der Waals surface area contributed by atoms with Gasteiger partial charge in [-0.25, -0.2) is 0 Å². The molecule has 6 heteroatoms. The average Bonchev–Trinajstić information content (AvgIpc) is 2.56. The first-order valence-corrected chi connectivity index (χ1v) is 8.74. The first-order valence-electron chi connectivity index (χ1n) is 8.74. The minimum Gasteiger partial charge on any atom is -0.490 e. The fraction of sp³-hybridized carbons (Fsp3) is 0.667. The Morgan fingerprint density at radius 1 is 1.17 bits per heavy atom. The lowest BCUT2D eigenvalue weighted by Crippen LogP contribution is -2.41.